The number of hydrogen-bond donors (Lipinski definition) is 1. The molecule has 3 aromatic rings. The molecule has 0 unspecified atom stereocenters. The maximum absolute atomic E-state index is 12.3. The summed E-state index contributed by atoms with van der Waals surface area (Å²) in [5.74, 6) is 0.0435. The molecule has 156 valence electrons. The van der Waals surface area contributed by atoms with Gasteiger partial charge < -0.3 is 4.57 Å². The predicted octanol–water partition coefficient (Wildman–Crippen LogP) is 4.14. The highest BCUT2D eigenvalue weighted by atomic mass is 32.2. The van der Waals surface area contributed by atoms with Crippen LogP contribution in [-0.4, -0.2) is 32.3 Å². The summed E-state index contributed by atoms with van der Waals surface area (Å²) in [7, 11) is 1.87. The summed E-state index contributed by atoms with van der Waals surface area (Å²) in [6, 6.07) is 15.3. The van der Waals surface area contributed by atoms with Crippen LogP contribution in [0, 0.1) is 6.92 Å². The lowest BCUT2D eigenvalue weighted by molar-refractivity contribution is -0.117. The van der Waals surface area contributed by atoms with E-state index in [1.165, 1.54) is 11.8 Å². The molecule has 0 bridgehead atoms. The standard InChI is InChI=1S/C23H26N4O2S/c1-15-8-6-7-9-18(15)20-25-26-22(27(20)5)30-14-19(28)24-21(29)16-10-12-17(13-11-16)23(2,3)4/h6-13H,14H2,1-5H3,(H,24,28,29). The van der Waals surface area contributed by atoms with Crippen LogP contribution >= 0.6 is 11.8 Å². The monoisotopic (exact) mass is 422 g/mol. The summed E-state index contributed by atoms with van der Waals surface area (Å²) in [4.78, 5) is 24.6. The van der Waals surface area contributed by atoms with Gasteiger partial charge in [-0.2, -0.15) is 0 Å². The summed E-state index contributed by atoms with van der Waals surface area (Å²) in [5, 5.41) is 11.5. The molecule has 2 amide bonds. The summed E-state index contributed by atoms with van der Waals surface area (Å²) < 4.78 is 1.85. The zero-order chi connectivity index (χ0) is 21.9. The van der Waals surface area contributed by atoms with Crippen molar-refractivity contribution in [2.75, 3.05) is 5.75 Å². The van der Waals surface area contributed by atoms with Gasteiger partial charge in [0.1, 0.15) is 0 Å². The van der Waals surface area contributed by atoms with E-state index in [0.29, 0.717) is 10.7 Å². The van der Waals surface area contributed by atoms with Crippen molar-refractivity contribution < 1.29 is 9.59 Å². The molecule has 3 rings (SSSR count). The number of benzene rings is 2. The lowest BCUT2D eigenvalue weighted by Crippen LogP contribution is -2.32. The molecule has 30 heavy (non-hydrogen) atoms. The number of aryl methyl sites for hydroxylation is 1. The first kappa shape index (κ1) is 21.8. The quantitative estimate of drug-likeness (QED) is 0.626. The number of rotatable bonds is 5. The Morgan fingerprint density at radius 2 is 1.70 bits per heavy atom. The molecular weight excluding hydrogens is 396 g/mol. The summed E-state index contributed by atoms with van der Waals surface area (Å²) in [5.41, 5.74) is 3.70. The Kier molecular flexibility index (Phi) is 6.41. The molecule has 1 heterocycles. The molecule has 0 aliphatic carbocycles. The second kappa shape index (κ2) is 8.83. The second-order valence-electron chi connectivity index (χ2n) is 8.17. The Hall–Kier alpha value is -2.93. The fourth-order valence-corrected chi connectivity index (χ4v) is 3.70. The van der Waals surface area contributed by atoms with Crippen LogP contribution in [0.2, 0.25) is 0 Å². The van der Waals surface area contributed by atoms with E-state index in [1.54, 1.807) is 12.1 Å². The molecule has 0 spiro atoms. The van der Waals surface area contributed by atoms with E-state index in [0.717, 1.165) is 22.5 Å². The van der Waals surface area contributed by atoms with Gasteiger partial charge in [0.25, 0.3) is 5.91 Å². The van der Waals surface area contributed by atoms with Crippen LogP contribution < -0.4 is 5.32 Å². The first-order chi connectivity index (χ1) is 14.2. The highest BCUT2D eigenvalue weighted by molar-refractivity contribution is 7.99. The number of imide groups is 1. The number of carbonyl (C=O) groups is 2. The van der Waals surface area contributed by atoms with Gasteiger partial charge in [-0.15, -0.1) is 10.2 Å². The Morgan fingerprint density at radius 3 is 2.33 bits per heavy atom. The molecule has 0 aliphatic rings. The van der Waals surface area contributed by atoms with Gasteiger partial charge >= 0.3 is 0 Å². The fourth-order valence-electron chi connectivity index (χ4n) is 2.99. The zero-order valence-corrected chi connectivity index (χ0v) is 18.7. The van der Waals surface area contributed by atoms with Crippen molar-refractivity contribution in [2.45, 2.75) is 38.3 Å². The SMILES string of the molecule is Cc1ccccc1-c1nnc(SCC(=O)NC(=O)c2ccc(C(C)(C)C)cc2)n1C. The number of nitrogens with zero attached hydrogens (tertiary/aromatic N) is 3. The van der Waals surface area contributed by atoms with Gasteiger partial charge in [-0.1, -0.05) is 68.9 Å². The third kappa shape index (κ3) is 4.97. The van der Waals surface area contributed by atoms with E-state index < -0.39 is 5.91 Å². The van der Waals surface area contributed by atoms with E-state index in [4.69, 9.17) is 0 Å². The molecule has 2 aromatic carbocycles. The van der Waals surface area contributed by atoms with E-state index in [9.17, 15) is 9.59 Å². The van der Waals surface area contributed by atoms with Gasteiger partial charge in [-0.25, -0.2) is 0 Å². The molecule has 0 fully saturated rings. The highest BCUT2D eigenvalue weighted by Gasteiger charge is 2.17. The van der Waals surface area contributed by atoms with Gasteiger partial charge in [-0.05, 0) is 35.6 Å². The van der Waals surface area contributed by atoms with Crippen molar-refractivity contribution in [2.24, 2.45) is 7.05 Å². The lowest BCUT2D eigenvalue weighted by atomic mass is 9.87. The number of thioether (sulfide) groups is 1. The molecule has 0 saturated heterocycles. The van der Waals surface area contributed by atoms with Crippen LogP contribution in [0.4, 0.5) is 0 Å². The molecular formula is C23H26N4O2S. The summed E-state index contributed by atoms with van der Waals surface area (Å²) in [6.07, 6.45) is 0. The summed E-state index contributed by atoms with van der Waals surface area (Å²) in [6.45, 7) is 8.35. The zero-order valence-electron chi connectivity index (χ0n) is 17.9. The lowest BCUT2D eigenvalue weighted by Gasteiger charge is -2.18. The minimum atomic E-state index is -0.403. The smallest absolute Gasteiger partial charge is 0.257 e. The Labute approximate surface area is 181 Å². The minimum Gasteiger partial charge on any atom is -0.305 e. The van der Waals surface area contributed by atoms with E-state index in [2.05, 4.69) is 36.3 Å². The molecule has 7 heteroatoms. The van der Waals surface area contributed by atoms with Crippen LogP contribution in [-0.2, 0) is 17.3 Å². The Bertz CT molecular complexity index is 1070. The maximum Gasteiger partial charge on any atom is 0.257 e. The predicted molar refractivity (Wildman–Crippen MR) is 120 cm³/mol. The second-order valence-corrected chi connectivity index (χ2v) is 9.12. The molecule has 6 nitrogen and oxygen atoms in total. The molecule has 1 aromatic heterocycles. The van der Waals surface area contributed by atoms with E-state index in [-0.39, 0.29) is 17.1 Å². The molecule has 1 N–H and O–H groups in total. The Balaban J connectivity index is 1.60. The van der Waals surface area contributed by atoms with Crippen molar-refractivity contribution >= 4 is 23.6 Å². The number of amides is 2. The van der Waals surface area contributed by atoms with E-state index >= 15 is 0 Å². The van der Waals surface area contributed by atoms with Gasteiger partial charge in [0.2, 0.25) is 5.91 Å². The van der Waals surface area contributed by atoms with Crippen LogP contribution in [0.5, 0.6) is 0 Å². The normalized spacial score (nSPS) is 11.4. The average molecular weight is 423 g/mol. The van der Waals surface area contributed by atoms with Crippen molar-refractivity contribution in [3.63, 3.8) is 0 Å². The van der Waals surface area contributed by atoms with Gasteiger partial charge in [0.05, 0.1) is 5.75 Å². The molecule has 0 radical (unpaired) electrons. The third-order valence-corrected chi connectivity index (χ3v) is 5.84. The van der Waals surface area contributed by atoms with Crippen LogP contribution in [0.15, 0.2) is 53.7 Å². The van der Waals surface area contributed by atoms with Crippen LogP contribution in [0.1, 0.15) is 42.3 Å². The van der Waals surface area contributed by atoms with E-state index in [1.807, 2.05) is 54.9 Å². The minimum absolute atomic E-state index is 0.00864. The first-order valence-corrected chi connectivity index (χ1v) is 10.7. The highest BCUT2D eigenvalue weighted by Crippen LogP contribution is 2.25. The molecule has 0 atom stereocenters. The average Bonchev–Trinajstić information content (AvgIpc) is 3.06. The van der Waals surface area contributed by atoms with Crippen LogP contribution in [0.25, 0.3) is 11.4 Å². The van der Waals surface area contributed by atoms with Gasteiger partial charge in [0, 0.05) is 18.2 Å². The molecule has 0 saturated carbocycles. The fraction of sp³-hybridized carbons (Fsp3) is 0.304. The van der Waals surface area contributed by atoms with Crippen molar-refractivity contribution in [1.29, 1.82) is 0 Å². The van der Waals surface area contributed by atoms with Crippen molar-refractivity contribution in [3.05, 3.63) is 65.2 Å². The van der Waals surface area contributed by atoms with Crippen molar-refractivity contribution in [3.8, 4) is 11.4 Å². The third-order valence-electron chi connectivity index (χ3n) is 4.82. The number of carbonyl (C=O) groups excluding carboxylic acids is 2. The number of hydrogen-bond acceptors (Lipinski definition) is 5. The summed E-state index contributed by atoms with van der Waals surface area (Å²) >= 11 is 1.24. The first-order valence-electron chi connectivity index (χ1n) is 9.69. The number of aromatic nitrogens is 3. The van der Waals surface area contributed by atoms with Gasteiger partial charge in [-0.3, -0.25) is 14.9 Å². The van der Waals surface area contributed by atoms with Crippen molar-refractivity contribution in [1.82, 2.24) is 20.1 Å². The van der Waals surface area contributed by atoms with Gasteiger partial charge in [0.15, 0.2) is 11.0 Å². The molecule has 0 aliphatic heterocycles. The Morgan fingerprint density at radius 1 is 1.03 bits per heavy atom. The topological polar surface area (TPSA) is 76.9 Å². The van der Waals surface area contributed by atoms with Crippen LogP contribution in [0.3, 0.4) is 0 Å². The largest absolute Gasteiger partial charge is 0.305 e. The maximum atomic E-state index is 12.3. The number of nitrogens with one attached hydrogen (secondary N) is 1.